The predicted octanol–water partition coefficient (Wildman–Crippen LogP) is 3.59. The number of hydrogen-bond acceptors (Lipinski definition) is 6. The van der Waals surface area contributed by atoms with E-state index in [0.29, 0.717) is 0 Å². The van der Waals surface area contributed by atoms with Gasteiger partial charge in [-0.2, -0.15) is 0 Å². The van der Waals surface area contributed by atoms with Gasteiger partial charge in [0, 0.05) is 12.2 Å². The zero-order chi connectivity index (χ0) is 20.3. The van der Waals surface area contributed by atoms with Crippen LogP contribution < -0.4 is 4.74 Å². The van der Waals surface area contributed by atoms with Crippen LogP contribution in [0.25, 0.3) is 6.08 Å². The van der Waals surface area contributed by atoms with Crippen molar-refractivity contribution in [3.05, 3.63) is 84.0 Å². The summed E-state index contributed by atoms with van der Waals surface area (Å²) in [4.78, 5) is 24.0. The van der Waals surface area contributed by atoms with Gasteiger partial charge in [0.05, 0.1) is 13.5 Å². The van der Waals surface area contributed by atoms with Gasteiger partial charge in [0.1, 0.15) is 18.0 Å². The number of carbonyl (C=O) groups is 2. The number of ether oxygens (including phenoxy) is 4. The molecule has 0 saturated carbocycles. The highest BCUT2D eigenvalue weighted by Crippen LogP contribution is 2.44. The van der Waals surface area contributed by atoms with E-state index in [1.165, 1.54) is 12.2 Å². The fraction of sp³-hybridized carbons (Fsp3) is 0.217. The summed E-state index contributed by atoms with van der Waals surface area (Å²) in [7, 11) is 1.60. The minimum absolute atomic E-state index is 0.233. The van der Waals surface area contributed by atoms with E-state index in [1.807, 2.05) is 54.6 Å². The fourth-order valence-corrected chi connectivity index (χ4v) is 3.43. The third-order valence-corrected chi connectivity index (χ3v) is 4.82. The molecule has 0 amide bonds. The van der Waals surface area contributed by atoms with Crippen LogP contribution in [0.15, 0.2) is 72.8 Å². The summed E-state index contributed by atoms with van der Waals surface area (Å²) in [5.74, 6) is -1.42. The molecule has 2 aliphatic rings. The lowest BCUT2D eigenvalue weighted by molar-refractivity contribution is -0.193. The Morgan fingerprint density at radius 2 is 1.90 bits per heavy atom. The largest absolute Gasteiger partial charge is 0.497 e. The van der Waals surface area contributed by atoms with E-state index < -0.39 is 29.9 Å². The zero-order valence-electron chi connectivity index (χ0n) is 15.8. The molecule has 6 heteroatoms. The van der Waals surface area contributed by atoms with E-state index in [0.717, 1.165) is 16.9 Å². The van der Waals surface area contributed by atoms with Crippen molar-refractivity contribution in [2.45, 2.75) is 24.4 Å². The molecular formula is C23H20O6. The van der Waals surface area contributed by atoms with Crippen LogP contribution >= 0.6 is 0 Å². The fourth-order valence-electron chi connectivity index (χ4n) is 3.43. The SMILES string of the molecule is COc1ccc(/C=C/C(=O)O[C@H]2C[C@@]3(C=CC(=O)O3)O[C@H]2c2ccccc2)cc1. The number of carbonyl (C=O) groups excluding carboxylic acids is 2. The third-order valence-electron chi connectivity index (χ3n) is 4.82. The van der Waals surface area contributed by atoms with Crippen LogP contribution in [0.4, 0.5) is 0 Å². The maximum absolute atomic E-state index is 12.4. The van der Waals surface area contributed by atoms with E-state index in [1.54, 1.807) is 19.3 Å². The van der Waals surface area contributed by atoms with Crippen molar-refractivity contribution in [1.82, 2.24) is 0 Å². The van der Waals surface area contributed by atoms with E-state index in [-0.39, 0.29) is 6.42 Å². The van der Waals surface area contributed by atoms with Gasteiger partial charge >= 0.3 is 11.9 Å². The number of esters is 2. The molecule has 4 rings (SSSR count). The molecule has 0 aliphatic carbocycles. The van der Waals surface area contributed by atoms with E-state index in [9.17, 15) is 9.59 Å². The summed E-state index contributed by atoms with van der Waals surface area (Å²) in [6.45, 7) is 0. The monoisotopic (exact) mass is 392 g/mol. The van der Waals surface area contributed by atoms with Crippen LogP contribution in [0.3, 0.4) is 0 Å². The van der Waals surface area contributed by atoms with Crippen molar-refractivity contribution in [2.24, 2.45) is 0 Å². The summed E-state index contributed by atoms with van der Waals surface area (Å²) in [6, 6.07) is 16.7. The van der Waals surface area contributed by atoms with Gasteiger partial charge in [-0.15, -0.1) is 0 Å². The average Bonchev–Trinajstić information content (AvgIpc) is 3.29. The van der Waals surface area contributed by atoms with Crippen LogP contribution in [-0.2, 0) is 23.8 Å². The molecule has 1 saturated heterocycles. The third kappa shape index (κ3) is 4.22. The summed E-state index contributed by atoms with van der Waals surface area (Å²) in [5.41, 5.74) is 1.69. The van der Waals surface area contributed by atoms with Gasteiger partial charge < -0.3 is 18.9 Å². The standard InChI is InChI=1S/C23H20O6/c1-26-18-10-7-16(8-11-18)9-12-20(24)27-19-15-23(14-13-21(25)28-23)29-22(19)17-5-3-2-4-6-17/h2-14,19,22H,15H2,1H3/b12-9+/t19-,22-,23+/m0/s1. The Balaban J connectivity index is 1.48. The van der Waals surface area contributed by atoms with Gasteiger partial charge in [0.2, 0.25) is 5.79 Å². The van der Waals surface area contributed by atoms with Crippen molar-refractivity contribution in [1.29, 1.82) is 0 Å². The lowest BCUT2D eigenvalue weighted by Crippen LogP contribution is -2.27. The average molecular weight is 392 g/mol. The Hall–Kier alpha value is -3.38. The van der Waals surface area contributed by atoms with Gasteiger partial charge in [0.25, 0.3) is 0 Å². The van der Waals surface area contributed by atoms with Crippen LogP contribution in [-0.4, -0.2) is 30.9 Å². The second kappa shape index (κ2) is 7.93. The molecular weight excluding hydrogens is 372 g/mol. The second-order valence-corrected chi connectivity index (χ2v) is 6.80. The van der Waals surface area contributed by atoms with E-state index in [2.05, 4.69) is 0 Å². The predicted molar refractivity (Wildman–Crippen MR) is 105 cm³/mol. The molecule has 0 N–H and O–H groups in total. The van der Waals surface area contributed by atoms with Crippen molar-refractivity contribution >= 4 is 18.0 Å². The van der Waals surface area contributed by atoms with Gasteiger partial charge in [0.15, 0.2) is 0 Å². The molecule has 148 valence electrons. The van der Waals surface area contributed by atoms with Gasteiger partial charge in [-0.05, 0) is 35.4 Å². The van der Waals surface area contributed by atoms with Crippen LogP contribution in [0.2, 0.25) is 0 Å². The lowest BCUT2D eigenvalue weighted by atomic mass is 10.0. The molecule has 2 aromatic carbocycles. The highest BCUT2D eigenvalue weighted by atomic mass is 16.7. The lowest BCUT2D eigenvalue weighted by Gasteiger charge is -2.21. The van der Waals surface area contributed by atoms with E-state index in [4.69, 9.17) is 18.9 Å². The first-order valence-electron chi connectivity index (χ1n) is 9.25. The highest BCUT2D eigenvalue weighted by molar-refractivity contribution is 5.87. The molecule has 3 atom stereocenters. The summed E-state index contributed by atoms with van der Waals surface area (Å²) in [6.07, 6.45) is 5.04. The molecule has 29 heavy (non-hydrogen) atoms. The van der Waals surface area contributed by atoms with Crippen molar-refractivity contribution in [2.75, 3.05) is 7.11 Å². The quantitative estimate of drug-likeness (QED) is 0.572. The van der Waals surface area contributed by atoms with Gasteiger partial charge in [-0.25, -0.2) is 9.59 Å². The number of methoxy groups -OCH3 is 1. The van der Waals surface area contributed by atoms with E-state index >= 15 is 0 Å². The molecule has 0 bridgehead atoms. The molecule has 6 nitrogen and oxygen atoms in total. The van der Waals surface area contributed by atoms with Crippen LogP contribution in [0.1, 0.15) is 23.7 Å². The number of benzene rings is 2. The topological polar surface area (TPSA) is 71.1 Å². The minimum atomic E-state index is -1.19. The first-order chi connectivity index (χ1) is 14.1. The summed E-state index contributed by atoms with van der Waals surface area (Å²) >= 11 is 0. The van der Waals surface area contributed by atoms with Crippen molar-refractivity contribution in [3.8, 4) is 5.75 Å². The maximum atomic E-state index is 12.4. The maximum Gasteiger partial charge on any atom is 0.333 e. The first-order valence-corrected chi connectivity index (χ1v) is 9.25. The van der Waals surface area contributed by atoms with Crippen LogP contribution in [0, 0.1) is 0 Å². The summed E-state index contributed by atoms with van der Waals surface area (Å²) in [5, 5.41) is 0. The first kappa shape index (κ1) is 19.0. The highest BCUT2D eigenvalue weighted by Gasteiger charge is 2.52. The minimum Gasteiger partial charge on any atom is -0.497 e. The molecule has 0 radical (unpaired) electrons. The normalized spacial score (nSPS) is 25.5. The Kier molecular flexibility index (Phi) is 5.18. The molecule has 1 fully saturated rings. The molecule has 2 aliphatic heterocycles. The molecule has 0 unspecified atom stereocenters. The zero-order valence-corrected chi connectivity index (χ0v) is 15.8. The molecule has 2 heterocycles. The Labute approximate surface area is 168 Å². The number of rotatable bonds is 5. The van der Waals surface area contributed by atoms with Gasteiger partial charge in [-0.3, -0.25) is 0 Å². The second-order valence-electron chi connectivity index (χ2n) is 6.80. The summed E-state index contributed by atoms with van der Waals surface area (Å²) < 4.78 is 22.1. The van der Waals surface area contributed by atoms with Crippen LogP contribution in [0.5, 0.6) is 5.75 Å². The van der Waals surface area contributed by atoms with Crippen molar-refractivity contribution in [3.63, 3.8) is 0 Å². The van der Waals surface area contributed by atoms with Crippen molar-refractivity contribution < 1.29 is 28.5 Å². The Bertz CT molecular complexity index is 947. The Morgan fingerprint density at radius 1 is 1.14 bits per heavy atom. The van der Waals surface area contributed by atoms with Gasteiger partial charge in [-0.1, -0.05) is 42.5 Å². The smallest absolute Gasteiger partial charge is 0.333 e. The molecule has 0 aromatic heterocycles. The molecule has 1 spiro atoms. The Morgan fingerprint density at radius 3 is 2.55 bits per heavy atom. The number of hydrogen-bond donors (Lipinski definition) is 0. The molecule has 2 aromatic rings.